The molecule has 96 valence electrons. The number of hydrogen-bond acceptors (Lipinski definition) is 4. The van der Waals surface area contributed by atoms with Gasteiger partial charge in [0.05, 0.1) is 12.3 Å². The van der Waals surface area contributed by atoms with Gasteiger partial charge < -0.3 is 4.74 Å². The lowest BCUT2D eigenvalue weighted by Crippen LogP contribution is -2.38. The van der Waals surface area contributed by atoms with Crippen LogP contribution in [0.25, 0.3) is 0 Å². The summed E-state index contributed by atoms with van der Waals surface area (Å²) >= 11 is 1.74. The van der Waals surface area contributed by atoms with Crippen molar-refractivity contribution in [1.29, 1.82) is 0 Å². The number of ether oxygens (including phenoxy) is 1. The van der Waals surface area contributed by atoms with Crippen molar-refractivity contribution in [2.45, 2.75) is 39.2 Å². The molecule has 0 aliphatic carbocycles. The van der Waals surface area contributed by atoms with Crippen LogP contribution >= 0.6 is 11.3 Å². The number of morpholine rings is 1. The van der Waals surface area contributed by atoms with Crippen molar-refractivity contribution in [2.24, 2.45) is 0 Å². The molecule has 0 spiro atoms. The maximum Gasteiger partial charge on any atom is 0.123 e. The average Bonchev–Trinajstić information content (AvgIpc) is 2.79. The van der Waals surface area contributed by atoms with Crippen LogP contribution in [0.15, 0.2) is 5.38 Å². The minimum atomic E-state index is 0.188. The van der Waals surface area contributed by atoms with Crippen LogP contribution in [0, 0.1) is 0 Å². The molecule has 4 heteroatoms. The summed E-state index contributed by atoms with van der Waals surface area (Å²) in [6, 6.07) is 0. The highest BCUT2D eigenvalue weighted by Gasteiger charge is 2.24. The molecule has 0 N–H and O–H groups in total. The molecule has 1 saturated heterocycles. The lowest BCUT2D eigenvalue weighted by Gasteiger charge is -2.31. The molecule has 3 nitrogen and oxygen atoms in total. The molecule has 1 aliphatic heterocycles. The van der Waals surface area contributed by atoms with E-state index in [1.807, 2.05) is 0 Å². The highest BCUT2D eigenvalue weighted by atomic mass is 32.1. The number of hydrogen-bond donors (Lipinski definition) is 0. The van der Waals surface area contributed by atoms with Crippen molar-refractivity contribution in [3.05, 3.63) is 16.1 Å². The molecule has 0 radical (unpaired) electrons. The Balaban J connectivity index is 2.00. The van der Waals surface area contributed by atoms with E-state index in [0.29, 0.717) is 5.92 Å². The van der Waals surface area contributed by atoms with E-state index >= 15 is 0 Å². The van der Waals surface area contributed by atoms with E-state index in [1.54, 1.807) is 11.3 Å². The zero-order valence-corrected chi connectivity index (χ0v) is 11.8. The van der Waals surface area contributed by atoms with E-state index in [4.69, 9.17) is 9.72 Å². The quantitative estimate of drug-likeness (QED) is 0.826. The molecule has 1 atom stereocenters. The Morgan fingerprint density at radius 1 is 1.59 bits per heavy atom. The summed E-state index contributed by atoms with van der Waals surface area (Å²) in [5.74, 6) is 0.510. The Labute approximate surface area is 108 Å². The van der Waals surface area contributed by atoms with Gasteiger partial charge in [-0.1, -0.05) is 20.8 Å². The van der Waals surface area contributed by atoms with E-state index in [0.717, 1.165) is 24.7 Å². The Morgan fingerprint density at radius 2 is 2.41 bits per heavy atom. The second-order valence-electron chi connectivity index (χ2n) is 4.93. The molecule has 1 fully saturated rings. The molecule has 17 heavy (non-hydrogen) atoms. The Morgan fingerprint density at radius 3 is 3.06 bits per heavy atom. The van der Waals surface area contributed by atoms with Crippen LogP contribution in [-0.4, -0.2) is 36.1 Å². The summed E-state index contributed by atoms with van der Waals surface area (Å²) in [5.41, 5.74) is 1.20. The number of thiazole rings is 1. The fraction of sp³-hybridized carbons (Fsp3) is 0.769. The van der Waals surface area contributed by atoms with Gasteiger partial charge in [0, 0.05) is 18.5 Å². The summed E-state index contributed by atoms with van der Waals surface area (Å²) < 4.78 is 5.84. The second-order valence-corrected chi connectivity index (χ2v) is 5.82. The zero-order chi connectivity index (χ0) is 12.3. The molecule has 2 heterocycles. The van der Waals surface area contributed by atoms with Crippen LogP contribution in [0.2, 0.25) is 0 Å². The van der Waals surface area contributed by atoms with Gasteiger partial charge in [-0.15, -0.1) is 11.3 Å². The van der Waals surface area contributed by atoms with Crippen LogP contribution in [-0.2, 0) is 4.74 Å². The monoisotopic (exact) mass is 254 g/mol. The van der Waals surface area contributed by atoms with Gasteiger partial charge in [-0.25, -0.2) is 4.98 Å². The van der Waals surface area contributed by atoms with Gasteiger partial charge in [0.25, 0.3) is 0 Å². The second kappa shape index (κ2) is 5.94. The predicted molar refractivity (Wildman–Crippen MR) is 71.6 cm³/mol. The smallest absolute Gasteiger partial charge is 0.123 e. The molecule has 0 amide bonds. The van der Waals surface area contributed by atoms with E-state index < -0.39 is 0 Å². The van der Waals surface area contributed by atoms with Crippen LogP contribution in [0.1, 0.15) is 49.9 Å². The van der Waals surface area contributed by atoms with Gasteiger partial charge in [0.1, 0.15) is 11.1 Å². The van der Waals surface area contributed by atoms with E-state index in [2.05, 4.69) is 31.1 Å². The summed E-state index contributed by atoms with van der Waals surface area (Å²) in [6.07, 6.45) is 1.40. The van der Waals surface area contributed by atoms with Crippen molar-refractivity contribution in [3.8, 4) is 0 Å². The Hall–Kier alpha value is -0.450. The van der Waals surface area contributed by atoms with E-state index in [-0.39, 0.29) is 6.10 Å². The maximum absolute atomic E-state index is 5.84. The van der Waals surface area contributed by atoms with Gasteiger partial charge in [-0.05, 0) is 18.9 Å². The predicted octanol–water partition coefficient (Wildman–Crippen LogP) is 3.05. The molecule has 2 rings (SSSR count). The van der Waals surface area contributed by atoms with Gasteiger partial charge in [-0.2, -0.15) is 0 Å². The normalized spacial score (nSPS) is 22.2. The highest BCUT2D eigenvalue weighted by molar-refractivity contribution is 7.09. The minimum absolute atomic E-state index is 0.188. The molecule has 1 unspecified atom stereocenters. The zero-order valence-electron chi connectivity index (χ0n) is 11.0. The summed E-state index contributed by atoms with van der Waals surface area (Å²) in [6.45, 7) is 10.7. The molecule has 1 aliphatic rings. The topological polar surface area (TPSA) is 25.4 Å². The van der Waals surface area contributed by atoms with Crippen molar-refractivity contribution in [1.82, 2.24) is 9.88 Å². The van der Waals surface area contributed by atoms with Gasteiger partial charge in [0.2, 0.25) is 0 Å². The Kier molecular flexibility index (Phi) is 4.54. The number of aromatic nitrogens is 1. The summed E-state index contributed by atoms with van der Waals surface area (Å²) in [4.78, 5) is 7.17. The van der Waals surface area contributed by atoms with Gasteiger partial charge >= 0.3 is 0 Å². The maximum atomic E-state index is 5.84. The summed E-state index contributed by atoms with van der Waals surface area (Å²) in [5, 5.41) is 3.32. The lowest BCUT2D eigenvalue weighted by atomic mass is 10.2. The van der Waals surface area contributed by atoms with Crippen LogP contribution in [0.5, 0.6) is 0 Å². The number of nitrogens with zero attached hydrogens (tertiary/aromatic N) is 2. The lowest BCUT2D eigenvalue weighted by molar-refractivity contribution is -0.0300. The summed E-state index contributed by atoms with van der Waals surface area (Å²) in [7, 11) is 0. The molecule has 0 aromatic carbocycles. The first-order valence-electron chi connectivity index (χ1n) is 6.50. The fourth-order valence-electron chi connectivity index (χ4n) is 2.09. The van der Waals surface area contributed by atoms with E-state index in [1.165, 1.54) is 18.7 Å². The Bertz CT molecular complexity index is 349. The third-order valence-electron chi connectivity index (χ3n) is 3.10. The molecule has 0 bridgehead atoms. The fourth-order valence-corrected chi connectivity index (χ4v) is 3.10. The largest absolute Gasteiger partial charge is 0.368 e. The third-order valence-corrected chi connectivity index (χ3v) is 4.05. The van der Waals surface area contributed by atoms with Crippen LogP contribution < -0.4 is 0 Å². The highest BCUT2D eigenvalue weighted by Crippen LogP contribution is 2.27. The van der Waals surface area contributed by atoms with Crippen molar-refractivity contribution >= 4 is 11.3 Å². The van der Waals surface area contributed by atoms with Gasteiger partial charge in [-0.3, -0.25) is 4.90 Å². The molecule has 1 aromatic heterocycles. The molecule has 0 saturated carbocycles. The SMILES string of the molecule is CCCN1CCOC(c2nc(C(C)C)cs2)C1. The van der Waals surface area contributed by atoms with Crippen LogP contribution in [0.3, 0.4) is 0 Å². The minimum Gasteiger partial charge on any atom is -0.368 e. The molecular weight excluding hydrogens is 232 g/mol. The first-order chi connectivity index (χ1) is 8.20. The van der Waals surface area contributed by atoms with Crippen LogP contribution in [0.4, 0.5) is 0 Å². The standard InChI is InChI=1S/C13H22N2OS/c1-4-5-15-6-7-16-12(8-15)13-14-11(9-17-13)10(2)3/h9-10,12H,4-8H2,1-3H3. The van der Waals surface area contributed by atoms with Gasteiger partial charge in [0.15, 0.2) is 0 Å². The molecule has 1 aromatic rings. The first kappa shape index (κ1) is 13.0. The number of rotatable bonds is 4. The van der Waals surface area contributed by atoms with Crippen molar-refractivity contribution in [2.75, 3.05) is 26.2 Å². The van der Waals surface area contributed by atoms with Crippen molar-refractivity contribution < 1.29 is 4.74 Å². The van der Waals surface area contributed by atoms with Crippen molar-refractivity contribution in [3.63, 3.8) is 0 Å². The first-order valence-corrected chi connectivity index (χ1v) is 7.38. The average molecular weight is 254 g/mol. The third kappa shape index (κ3) is 3.27. The van der Waals surface area contributed by atoms with E-state index in [9.17, 15) is 0 Å². The molecular formula is C13H22N2OS.